The van der Waals surface area contributed by atoms with E-state index in [9.17, 15) is 13.9 Å². The van der Waals surface area contributed by atoms with E-state index in [4.69, 9.17) is 5.84 Å². The van der Waals surface area contributed by atoms with Crippen molar-refractivity contribution >= 4 is 21.8 Å². The summed E-state index contributed by atoms with van der Waals surface area (Å²) in [5.74, 6) is 2.83. The molecule has 7 heteroatoms. The highest BCUT2D eigenvalue weighted by Gasteiger charge is 2.62. The molecule has 0 radical (unpaired) electrons. The van der Waals surface area contributed by atoms with Crippen molar-refractivity contribution < 1.29 is 13.9 Å². The summed E-state index contributed by atoms with van der Waals surface area (Å²) in [5.41, 5.74) is -0.416. The molecule has 0 bridgehead atoms. The Morgan fingerprint density at radius 1 is 1.50 bits per heavy atom. The van der Waals surface area contributed by atoms with Gasteiger partial charge in [-0.25, -0.2) is 8.78 Å². The second-order valence-corrected chi connectivity index (χ2v) is 6.70. The fourth-order valence-electron chi connectivity index (χ4n) is 3.01. The Hall–Kier alpha value is -1.21. The number of nitrogens with zero attached hydrogens (tertiary/aromatic N) is 2. The summed E-state index contributed by atoms with van der Waals surface area (Å²) in [5, 5.41) is 14.4. The molecule has 0 amide bonds. The van der Waals surface area contributed by atoms with Crippen LogP contribution in [0.4, 0.5) is 8.78 Å². The number of likely N-dealkylation sites (N-methyl/N-ethyl adjacent to an activating group) is 1. The first-order chi connectivity index (χ1) is 10.3. The van der Waals surface area contributed by atoms with Gasteiger partial charge in [-0.2, -0.15) is 5.10 Å². The van der Waals surface area contributed by atoms with Crippen molar-refractivity contribution in [1.29, 1.82) is 0 Å². The van der Waals surface area contributed by atoms with Crippen molar-refractivity contribution in [3.8, 4) is 0 Å². The highest BCUT2D eigenvalue weighted by atomic mass is 79.9. The lowest BCUT2D eigenvalue weighted by Gasteiger charge is -2.51. The van der Waals surface area contributed by atoms with Gasteiger partial charge >= 0.3 is 0 Å². The Kier molecular flexibility index (Phi) is 4.77. The van der Waals surface area contributed by atoms with Crippen molar-refractivity contribution in [3.63, 3.8) is 0 Å². The molecule has 1 aliphatic carbocycles. The molecule has 0 spiro atoms. The molecule has 4 nitrogen and oxygen atoms in total. The SMILES string of the molecule is CCN(C)/C(=N\N)C(O)C1(c2cccc(Br)c2)CC(F)(F)C1. The number of benzene rings is 1. The molecule has 1 aromatic rings. The molecule has 1 atom stereocenters. The molecule has 122 valence electrons. The normalized spacial score (nSPS) is 21.1. The predicted octanol–water partition coefficient (Wildman–Crippen LogP) is 2.70. The third-order valence-electron chi connectivity index (χ3n) is 4.31. The van der Waals surface area contributed by atoms with Gasteiger partial charge in [-0.1, -0.05) is 28.1 Å². The van der Waals surface area contributed by atoms with Gasteiger partial charge in [0.05, 0.1) is 0 Å². The Morgan fingerprint density at radius 3 is 2.59 bits per heavy atom. The lowest BCUT2D eigenvalue weighted by molar-refractivity contribution is -0.150. The first-order valence-corrected chi connectivity index (χ1v) is 7.86. The first-order valence-electron chi connectivity index (χ1n) is 7.06. The number of halogens is 3. The average Bonchev–Trinajstić information content (AvgIpc) is 2.44. The summed E-state index contributed by atoms with van der Waals surface area (Å²) in [6.45, 7) is 2.44. The quantitative estimate of drug-likeness (QED) is 0.368. The zero-order chi connectivity index (χ0) is 16.5. The minimum Gasteiger partial charge on any atom is -0.384 e. The van der Waals surface area contributed by atoms with Crippen LogP contribution < -0.4 is 5.84 Å². The van der Waals surface area contributed by atoms with Crippen LogP contribution in [-0.4, -0.2) is 41.5 Å². The van der Waals surface area contributed by atoms with Crippen LogP contribution in [-0.2, 0) is 5.41 Å². The predicted molar refractivity (Wildman–Crippen MR) is 85.9 cm³/mol. The second kappa shape index (κ2) is 6.12. The van der Waals surface area contributed by atoms with E-state index in [0.717, 1.165) is 4.47 Å². The zero-order valence-electron chi connectivity index (χ0n) is 12.6. The largest absolute Gasteiger partial charge is 0.384 e. The lowest BCUT2D eigenvalue weighted by atomic mass is 9.58. The fourth-order valence-corrected chi connectivity index (χ4v) is 3.41. The van der Waals surface area contributed by atoms with E-state index in [2.05, 4.69) is 21.0 Å². The van der Waals surface area contributed by atoms with Crippen LogP contribution in [0.2, 0.25) is 0 Å². The minimum atomic E-state index is -2.78. The van der Waals surface area contributed by atoms with E-state index in [0.29, 0.717) is 12.1 Å². The van der Waals surface area contributed by atoms with Crippen LogP contribution in [0.15, 0.2) is 33.8 Å². The number of aliphatic hydroxyl groups is 1. The topological polar surface area (TPSA) is 61.8 Å². The van der Waals surface area contributed by atoms with Gasteiger partial charge in [0.15, 0.2) is 5.84 Å². The van der Waals surface area contributed by atoms with Crippen LogP contribution in [0, 0.1) is 0 Å². The summed E-state index contributed by atoms with van der Waals surface area (Å²) in [6.07, 6.45) is -2.03. The molecular weight excluding hydrogens is 356 g/mol. The van der Waals surface area contributed by atoms with Crippen molar-refractivity contribution in [2.45, 2.75) is 37.2 Å². The van der Waals surface area contributed by atoms with Crippen molar-refractivity contribution in [2.24, 2.45) is 10.9 Å². The van der Waals surface area contributed by atoms with Crippen LogP contribution in [0.5, 0.6) is 0 Å². The number of alkyl halides is 2. The van der Waals surface area contributed by atoms with Crippen LogP contribution in [0.1, 0.15) is 25.3 Å². The molecule has 0 heterocycles. The smallest absolute Gasteiger partial charge is 0.250 e. The van der Waals surface area contributed by atoms with Gasteiger partial charge < -0.3 is 15.8 Å². The molecule has 22 heavy (non-hydrogen) atoms. The molecular formula is C15H20BrF2N3O. The van der Waals surface area contributed by atoms with Crippen LogP contribution in [0.3, 0.4) is 0 Å². The number of hydrazone groups is 1. The summed E-state index contributed by atoms with van der Waals surface area (Å²) in [4.78, 5) is 1.67. The number of hydrogen-bond donors (Lipinski definition) is 2. The number of hydrogen-bond acceptors (Lipinski definition) is 3. The fraction of sp³-hybridized carbons (Fsp3) is 0.533. The molecule has 1 saturated carbocycles. The molecule has 1 unspecified atom stereocenters. The Morgan fingerprint density at radius 2 is 2.14 bits per heavy atom. The Bertz CT molecular complexity index is 572. The van der Waals surface area contributed by atoms with Gasteiger partial charge in [0.25, 0.3) is 0 Å². The summed E-state index contributed by atoms with van der Waals surface area (Å²) in [7, 11) is 1.72. The average molecular weight is 376 g/mol. The van der Waals surface area contributed by atoms with Crippen LogP contribution >= 0.6 is 15.9 Å². The molecule has 0 aliphatic heterocycles. The van der Waals surface area contributed by atoms with Gasteiger partial charge in [-0.15, -0.1) is 0 Å². The summed E-state index contributed by atoms with van der Waals surface area (Å²) in [6, 6.07) is 7.10. The third-order valence-corrected chi connectivity index (χ3v) is 4.81. The van der Waals surface area contributed by atoms with E-state index < -0.39 is 30.3 Å². The van der Waals surface area contributed by atoms with Crippen molar-refractivity contribution in [2.75, 3.05) is 13.6 Å². The maximum atomic E-state index is 13.6. The Labute approximate surface area is 137 Å². The summed E-state index contributed by atoms with van der Waals surface area (Å²) < 4.78 is 28.0. The summed E-state index contributed by atoms with van der Waals surface area (Å²) >= 11 is 3.35. The zero-order valence-corrected chi connectivity index (χ0v) is 14.1. The molecule has 0 saturated heterocycles. The third kappa shape index (κ3) is 2.96. The van der Waals surface area contributed by atoms with Gasteiger partial charge in [0.1, 0.15) is 6.10 Å². The number of aliphatic hydroxyl groups excluding tert-OH is 1. The standard InChI is InChI=1S/C15H20BrF2N3O/c1-3-21(2)13(20-19)12(22)14(8-15(17,18)9-14)10-5-4-6-11(16)7-10/h4-7,12,22H,3,8-9,19H2,1-2H3/b20-13-. The van der Waals surface area contributed by atoms with Gasteiger partial charge in [0, 0.05) is 36.3 Å². The molecule has 1 fully saturated rings. The van der Waals surface area contributed by atoms with Gasteiger partial charge in [-0.05, 0) is 24.6 Å². The van der Waals surface area contributed by atoms with Gasteiger partial charge in [0.2, 0.25) is 5.92 Å². The Balaban J connectivity index is 2.43. The van der Waals surface area contributed by atoms with E-state index in [1.807, 2.05) is 13.0 Å². The number of rotatable bonds is 4. The second-order valence-electron chi connectivity index (χ2n) is 5.78. The van der Waals surface area contributed by atoms with E-state index in [1.165, 1.54) is 0 Å². The molecule has 2 rings (SSSR count). The van der Waals surface area contributed by atoms with Crippen molar-refractivity contribution in [1.82, 2.24) is 4.90 Å². The van der Waals surface area contributed by atoms with Crippen molar-refractivity contribution in [3.05, 3.63) is 34.3 Å². The number of nitrogens with two attached hydrogens (primary N) is 1. The monoisotopic (exact) mass is 375 g/mol. The lowest BCUT2D eigenvalue weighted by Crippen LogP contribution is -2.60. The van der Waals surface area contributed by atoms with E-state index >= 15 is 0 Å². The minimum absolute atomic E-state index is 0.220. The van der Waals surface area contributed by atoms with E-state index in [1.54, 1.807) is 30.1 Å². The molecule has 3 N–H and O–H groups in total. The highest BCUT2D eigenvalue weighted by Crippen LogP contribution is 2.55. The number of amidine groups is 1. The van der Waals surface area contributed by atoms with Gasteiger partial charge in [-0.3, -0.25) is 0 Å². The first kappa shape index (κ1) is 17.1. The molecule has 0 aromatic heterocycles. The maximum Gasteiger partial charge on any atom is 0.250 e. The maximum absolute atomic E-state index is 13.6. The van der Waals surface area contributed by atoms with Crippen LogP contribution in [0.25, 0.3) is 0 Å². The highest BCUT2D eigenvalue weighted by molar-refractivity contribution is 9.10. The molecule has 1 aliphatic rings. The molecule has 1 aromatic carbocycles. The van der Waals surface area contributed by atoms with E-state index in [-0.39, 0.29) is 5.84 Å².